The van der Waals surface area contributed by atoms with Crippen molar-refractivity contribution in [2.45, 2.75) is 33.5 Å². The highest BCUT2D eigenvalue weighted by atomic mass is 127. The molecule has 1 heterocycles. The zero-order chi connectivity index (χ0) is 17.3. The molecule has 0 aromatic carbocycles. The van der Waals surface area contributed by atoms with Gasteiger partial charge in [0, 0.05) is 25.0 Å². The number of aliphatic imine (C=N–C) groups is 1. The fourth-order valence-electron chi connectivity index (χ4n) is 1.87. The van der Waals surface area contributed by atoms with Gasteiger partial charge in [0.15, 0.2) is 11.7 Å². The highest BCUT2D eigenvalue weighted by Gasteiger charge is 2.33. The summed E-state index contributed by atoms with van der Waals surface area (Å²) < 4.78 is 37.5. The van der Waals surface area contributed by atoms with Gasteiger partial charge in [-0.25, -0.2) is 9.98 Å². The summed E-state index contributed by atoms with van der Waals surface area (Å²) in [6, 6.07) is 0. The van der Waals surface area contributed by atoms with Crippen LogP contribution in [0.3, 0.4) is 0 Å². The van der Waals surface area contributed by atoms with Gasteiger partial charge in [-0.2, -0.15) is 13.2 Å². The number of likely N-dealkylation sites (N-methyl/N-ethyl adjacent to an activating group) is 1. The van der Waals surface area contributed by atoms with Gasteiger partial charge in [0.05, 0.1) is 6.54 Å². The van der Waals surface area contributed by atoms with Crippen molar-refractivity contribution in [1.29, 1.82) is 0 Å². The first-order valence-corrected chi connectivity index (χ1v) is 8.54. The van der Waals surface area contributed by atoms with E-state index in [9.17, 15) is 13.2 Å². The normalized spacial score (nSPS) is 12.2. The Morgan fingerprint density at radius 3 is 2.42 bits per heavy atom. The number of halogens is 4. The van der Waals surface area contributed by atoms with E-state index in [-0.39, 0.29) is 30.5 Å². The monoisotopic (exact) mass is 479 g/mol. The van der Waals surface area contributed by atoms with Crippen LogP contribution in [0.4, 0.5) is 13.2 Å². The summed E-state index contributed by atoms with van der Waals surface area (Å²) in [5, 5.41) is 7.62. The molecular weight excluding hydrogens is 454 g/mol. The van der Waals surface area contributed by atoms with E-state index in [1.54, 1.807) is 0 Å². The second-order valence-corrected chi connectivity index (χ2v) is 5.72. The van der Waals surface area contributed by atoms with Gasteiger partial charge in [0.2, 0.25) is 0 Å². The Labute approximate surface area is 162 Å². The summed E-state index contributed by atoms with van der Waals surface area (Å²) in [6.45, 7) is 10.5. The summed E-state index contributed by atoms with van der Waals surface area (Å²) in [6.07, 6.45) is -4.40. The minimum absolute atomic E-state index is 0. The minimum atomic E-state index is -4.40. The minimum Gasteiger partial charge on any atom is -0.357 e. The molecule has 0 aliphatic heterocycles. The second-order valence-electron chi connectivity index (χ2n) is 4.77. The van der Waals surface area contributed by atoms with Crippen molar-refractivity contribution in [1.82, 2.24) is 20.5 Å². The van der Waals surface area contributed by atoms with E-state index in [1.165, 1.54) is 0 Å². The third-order valence-corrected chi connectivity index (χ3v) is 4.01. The zero-order valence-corrected chi connectivity index (χ0v) is 17.3. The fraction of sp³-hybridized carbons (Fsp3) is 0.714. The Hall–Kier alpha value is -0.620. The Morgan fingerprint density at radius 2 is 1.92 bits per heavy atom. The highest BCUT2D eigenvalue weighted by Crippen LogP contribution is 2.30. The van der Waals surface area contributed by atoms with E-state index in [0.29, 0.717) is 17.5 Å². The van der Waals surface area contributed by atoms with E-state index in [0.717, 1.165) is 42.9 Å². The second kappa shape index (κ2) is 11.9. The molecule has 0 radical (unpaired) electrons. The SMILES string of the molecule is CCNC(=NCc1nc(C(F)(F)F)cs1)NCCN(CC)CC.I. The van der Waals surface area contributed by atoms with Crippen LogP contribution < -0.4 is 10.6 Å². The molecule has 0 aliphatic rings. The van der Waals surface area contributed by atoms with Crippen LogP contribution in [0.1, 0.15) is 31.5 Å². The molecule has 2 N–H and O–H groups in total. The van der Waals surface area contributed by atoms with E-state index >= 15 is 0 Å². The molecule has 0 unspecified atom stereocenters. The molecule has 140 valence electrons. The van der Waals surface area contributed by atoms with Gasteiger partial charge in [0.1, 0.15) is 5.01 Å². The largest absolute Gasteiger partial charge is 0.434 e. The molecule has 0 fully saturated rings. The maximum atomic E-state index is 12.5. The number of hydrogen-bond acceptors (Lipinski definition) is 4. The lowest BCUT2D eigenvalue weighted by molar-refractivity contribution is -0.140. The van der Waals surface area contributed by atoms with E-state index in [2.05, 4.69) is 39.4 Å². The lowest BCUT2D eigenvalue weighted by Gasteiger charge is -2.19. The first kappa shape index (κ1) is 23.4. The van der Waals surface area contributed by atoms with Crippen molar-refractivity contribution in [3.8, 4) is 0 Å². The topological polar surface area (TPSA) is 52.6 Å². The van der Waals surface area contributed by atoms with Gasteiger partial charge in [0.25, 0.3) is 0 Å². The van der Waals surface area contributed by atoms with Crippen LogP contribution in [0.15, 0.2) is 10.4 Å². The van der Waals surface area contributed by atoms with E-state index < -0.39 is 11.9 Å². The van der Waals surface area contributed by atoms with Crippen LogP contribution in [-0.2, 0) is 12.7 Å². The number of thiazole rings is 1. The standard InChI is InChI=1S/C14H24F3N5S.HI/c1-4-18-13(19-7-8-22(5-2)6-3)20-9-12-21-11(10-23-12)14(15,16)17;/h10H,4-9H2,1-3H3,(H2,18,19,20);1H. The molecular formula is C14H25F3IN5S. The Bertz CT molecular complexity index is 489. The van der Waals surface area contributed by atoms with Crippen molar-refractivity contribution in [2.24, 2.45) is 4.99 Å². The number of hydrogen-bond donors (Lipinski definition) is 2. The molecule has 0 atom stereocenters. The molecule has 0 spiro atoms. The van der Waals surface area contributed by atoms with Crippen LogP contribution in [0.25, 0.3) is 0 Å². The quantitative estimate of drug-likeness (QED) is 0.342. The molecule has 1 aromatic rings. The average molecular weight is 479 g/mol. The lowest BCUT2D eigenvalue weighted by Crippen LogP contribution is -2.41. The number of alkyl halides is 3. The van der Waals surface area contributed by atoms with Crippen molar-refractivity contribution in [3.05, 3.63) is 16.1 Å². The summed E-state index contributed by atoms with van der Waals surface area (Å²) in [5.41, 5.74) is -0.854. The summed E-state index contributed by atoms with van der Waals surface area (Å²) >= 11 is 0.970. The van der Waals surface area contributed by atoms with Crippen LogP contribution in [0.2, 0.25) is 0 Å². The van der Waals surface area contributed by atoms with Crippen molar-refractivity contribution in [2.75, 3.05) is 32.7 Å². The number of nitrogens with zero attached hydrogens (tertiary/aromatic N) is 3. The molecule has 0 saturated heterocycles. The molecule has 0 bridgehead atoms. The first-order valence-electron chi connectivity index (χ1n) is 7.66. The third kappa shape index (κ3) is 8.47. The van der Waals surface area contributed by atoms with Crippen LogP contribution in [-0.4, -0.2) is 48.6 Å². The van der Waals surface area contributed by atoms with Gasteiger partial charge < -0.3 is 15.5 Å². The summed E-state index contributed by atoms with van der Waals surface area (Å²) in [5.74, 6) is 0.586. The molecule has 10 heteroatoms. The van der Waals surface area contributed by atoms with Gasteiger partial charge in [-0.05, 0) is 20.0 Å². The van der Waals surface area contributed by atoms with Gasteiger partial charge in [-0.1, -0.05) is 13.8 Å². The van der Waals surface area contributed by atoms with Crippen molar-refractivity contribution < 1.29 is 13.2 Å². The number of rotatable bonds is 8. The van der Waals surface area contributed by atoms with Crippen LogP contribution >= 0.6 is 35.3 Å². The van der Waals surface area contributed by atoms with E-state index in [1.807, 2.05) is 6.92 Å². The Kier molecular flexibility index (Phi) is 11.5. The molecule has 0 amide bonds. The predicted octanol–water partition coefficient (Wildman–Crippen LogP) is 3.18. The number of guanidine groups is 1. The summed E-state index contributed by atoms with van der Waals surface area (Å²) in [4.78, 5) is 10.1. The highest BCUT2D eigenvalue weighted by molar-refractivity contribution is 14.0. The Morgan fingerprint density at radius 1 is 1.25 bits per heavy atom. The van der Waals surface area contributed by atoms with Gasteiger partial charge in [-0.15, -0.1) is 35.3 Å². The smallest absolute Gasteiger partial charge is 0.357 e. The van der Waals surface area contributed by atoms with Crippen LogP contribution in [0, 0.1) is 0 Å². The van der Waals surface area contributed by atoms with Crippen molar-refractivity contribution in [3.63, 3.8) is 0 Å². The third-order valence-electron chi connectivity index (χ3n) is 3.17. The average Bonchev–Trinajstić information content (AvgIpc) is 2.98. The van der Waals surface area contributed by atoms with Gasteiger partial charge in [-0.3, -0.25) is 0 Å². The van der Waals surface area contributed by atoms with Crippen molar-refractivity contribution >= 4 is 41.3 Å². The molecule has 24 heavy (non-hydrogen) atoms. The maximum absolute atomic E-state index is 12.5. The van der Waals surface area contributed by atoms with Crippen LogP contribution in [0.5, 0.6) is 0 Å². The molecule has 0 aliphatic carbocycles. The summed E-state index contributed by atoms with van der Waals surface area (Å²) in [7, 11) is 0. The first-order chi connectivity index (χ1) is 10.9. The lowest BCUT2D eigenvalue weighted by atomic mass is 10.4. The molecule has 5 nitrogen and oxygen atoms in total. The van der Waals surface area contributed by atoms with E-state index in [4.69, 9.17) is 0 Å². The maximum Gasteiger partial charge on any atom is 0.434 e. The van der Waals surface area contributed by atoms with Gasteiger partial charge >= 0.3 is 6.18 Å². The zero-order valence-electron chi connectivity index (χ0n) is 14.1. The molecule has 0 saturated carbocycles. The Balaban J connectivity index is 0.00000529. The number of aromatic nitrogens is 1. The molecule has 1 aromatic heterocycles. The predicted molar refractivity (Wildman–Crippen MR) is 103 cm³/mol. The number of nitrogens with one attached hydrogen (secondary N) is 2. The fourth-order valence-corrected chi connectivity index (χ4v) is 2.60. The molecule has 1 rings (SSSR count).